The van der Waals surface area contributed by atoms with Gasteiger partial charge in [0, 0.05) is 30.9 Å². The molecule has 0 radical (unpaired) electrons. The van der Waals surface area contributed by atoms with Gasteiger partial charge < -0.3 is 14.9 Å². The number of fused-ring (bicyclic) bond motifs is 1. The first kappa shape index (κ1) is 17.0. The van der Waals surface area contributed by atoms with Gasteiger partial charge in [-0.3, -0.25) is 9.59 Å². The van der Waals surface area contributed by atoms with Gasteiger partial charge in [0.25, 0.3) is 11.7 Å². The molecule has 2 aromatic heterocycles. The first-order chi connectivity index (χ1) is 11.9. The zero-order valence-electron chi connectivity index (χ0n) is 15.1. The average Bonchev–Trinajstić information content (AvgIpc) is 3.15. The number of amides is 1. The Balaban J connectivity index is 1.85. The first-order valence-electron chi connectivity index (χ1n) is 8.47. The Morgan fingerprint density at radius 1 is 1.24 bits per heavy atom. The molecule has 1 amide bonds. The van der Waals surface area contributed by atoms with Crippen molar-refractivity contribution in [1.29, 1.82) is 0 Å². The molecule has 3 rings (SSSR count). The molecular formula is C20H23N3O2. The lowest BCUT2D eigenvalue weighted by molar-refractivity contribution is -0.117. The van der Waals surface area contributed by atoms with Crippen molar-refractivity contribution in [1.82, 2.24) is 14.9 Å². The second-order valence-electron chi connectivity index (χ2n) is 6.44. The minimum atomic E-state index is -0.588. The molecule has 1 aromatic carbocycles. The van der Waals surface area contributed by atoms with Crippen molar-refractivity contribution in [2.45, 2.75) is 33.7 Å². The topological polar surface area (TPSA) is 66.9 Å². The Kier molecular flexibility index (Phi) is 4.49. The highest BCUT2D eigenvalue weighted by molar-refractivity contribution is 6.42. The molecule has 5 heteroatoms. The lowest BCUT2D eigenvalue weighted by Crippen LogP contribution is -2.31. The Morgan fingerprint density at radius 2 is 2.00 bits per heavy atom. The molecule has 0 aliphatic heterocycles. The Morgan fingerprint density at radius 3 is 2.64 bits per heavy atom. The van der Waals surface area contributed by atoms with Gasteiger partial charge >= 0.3 is 0 Å². The third-order valence-electron chi connectivity index (χ3n) is 4.67. The van der Waals surface area contributed by atoms with E-state index in [1.807, 2.05) is 13.0 Å². The van der Waals surface area contributed by atoms with Gasteiger partial charge in [-0.2, -0.15) is 0 Å². The van der Waals surface area contributed by atoms with Gasteiger partial charge in [-0.15, -0.1) is 0 Å². The third kappa shape index (κ3) is 3.09. The Bertz CT molecular complexity index is 963. The quantitative estimate of drug-likeness (QED) is 0.555. The summed E-state index contributed by atoms with van der Waals surface area (Å²) in [6.45, 7) is 6.58. The summed E-state index contributed by atoms with van der Waals surface area (Å²) in [7, 11) is 1.75. The van der Waals surface area contributed by atoms with E-state index in [0.29, 0.717) is 12.2 Å². The Labute approximate surface area is 147 Å². The van der Waals surface area contributed by atoms with E-state index in [0.717, 1.165) is 23.1 Å². The molecule has 2 heterocycles. The van der Waals surface area contributed by atoms with Crippen molar-refractivity contribution >= 4 is 22.6 Å². The van der Waals surface area contributed by atoms with Crippen LogP contribution < -0.4 is 5.32 Å². The lowest BCUT2D eigenvalue weighted by atomic mass is 10.0. The van der Waals surface area contributed by atoms with Gasteiger partial charge in [0.2, 0.25) is 0 Å². The normalized spacial score (nSPS) is 11.0. The standard InChI is InChI=1S/C20H23N3O2/c1-5-16-13(3)15-10-12(2)9-14(18(15)22-16)11-21-20(25)19(24)17-7-6-8-23(17)4/h6-10,22H,5,11H2,1-4H3,(H,21,25). The minimum Gasteiger partial charge on any atom is -0.358 e. The molecule has 0 unspecified atom stereocenters. The summed E-state index contributed by atoms with van der Waals surface area (Å²) in [5.74, 6) is -1.11. The molecule has 0 saturated carbocycles. The highest BCUT2D eigenvalue weighted by Gasteiger charge is 2.19. The molecule has 0 atom stereocenters. The SMILES string of the molecule is CCc1[nH]c2c(CNC(=O)C(=O)c3cccn3C)cc(C)cc2c1C. The molecule has 0 aliphatic rings. The molecule has 0 saturated heterocycles. The molecule has 25 heavy (non-hydrogen) atoms. The summed E-state index contributed by atoms with van der Waals surface area (Å²) < 4.78 is 1.65. The number of benzene rings is 1. The van der Waals surface area contributed by atoms with E-state index in [-0.39, 0.29) is 0 Å². The fourth-order valence-electron chi connectivity index (χ4n) is 3.27. The zero-order chi connectivity index (χ0) is 18.1. The number of carbonyl (C=O) groups excluding carboxylic acids is 2. The number of hydrogen-bond acceptors (Lipinski definition) is 2. The molecule has 2 N–H and O–H groups in total. The number of hydrogen-bond donors (Lipinski definition) is 2. The van der Waals surface area contributed by atoms with E-state index in [2.05, 4.69) is 30.2 Å². The maximum atomic E-state index is 12.2. The van der Waals surface area contributed by atoms with Gasteiger partial charge in [-0.05, 0) is 49.6 Å². The van der Waals surface area contributed by atoms with Crippen LogP contribution in [0.4, 0.5) is 0 Å². The van der Waals surface area contributed by atoms with Crippen LogP contribution in [0.5, 0.6) is 0 Å². The van der Waals surface area contributed by atoms with Crippen molar-refractivity contribution in [2.75, 3.05) is 0 Å². The molecule has 5 nitrogen and oxygen atoms in total. The van der Waals surface area contributed by atoms with E-state index in [1.165, 1.54) is 16.6 Å². The number of ketones is 1. The number of Topliss-reactive ketones (excluding diaryl/α,β-unsaturated/α-hetero) is 1. The average molecular weight is 337 g/mol. The van der Waals surface area contributed by atoms with Gasteiger partial charge in [-0.25, -0.2) is 0 Å². The lowest BCUT2D eigenvalue weighted by Gasteiger charge is -2.08. The maximum Gasteiger partial charge on any atom is 0.294 e. The number of nitrogens with zero attached hydrogens (tertiary/aromatic N) is 1. The fourth-order valence-corrected chi connectivity index (χ4v) is 3.27. The predicted octanol–water partition coefficient (Wildman–Crippen LogP) is 3.18. The van der Waals surface area contributed by atoms with Crippen molar-refractivity contribution in [3.05, 3.63) is 58.5 Å². The number of H-pyrrole nitrogens is 1. The summed E-state index contributed by atoms with van der Waals surface area (Å²) >= 11 is 0. The number of nitrogens with one attached hydrogen (secondary N) is 2. The molecule has 130 valence electrons. The van der Waals surface area contributed by atoms with Crippen molar-refractivity contribution in [3.8, 4) is 0 Å². The predicted molar refractivity (Wildman–Crippen MR) is 98.7 cm³/mol. The number of aromatic amines is 1. The van der Waals surface area contributed by atoms with Crippen LogP contribution in [0.2, 0.25) is 0 Å². The fraction of sp³-hybridized carbons (Fsp3) is 0.300. The second kappa shape index (κ2) is 6.59. The number of carbonyl (C=O) groups is 2. The van der Waals surface area contributed by atoms with Gasteiger partial charge in [-0.1, -0.05) is 18.6 Å². The smallest absolute Gasteiger partial charge is 0.294 e. The van der Waals surface area contributed by atoms with E-state index >= 15 is 0 Å². The third-order valence-corrected chi connectivity index (χ3v) is 4.67. The largest absolute Gasteiger partial charge is 0.358 e. The molecule has 0 aliphatic carbocycles. The molecular weight excluding hydrogens is 314 g/mol. The van der Waals surface area contributed by atoms with Crippen LogP contribution in [0.3, 0.4) is 0 Å². The molecule has 0 fully saturated rings. The number of aryl methyl sites for hydroxylation is 4. The monoisotopic (exact) mass is 337 g/mol. The van der Waals surface area contributed by atoms with E-state index in [9.17, 15) is 9.59 Å². The van der Waals surface area contributed by atoms with Crippen molar-refractivity contribution < 1.29 is 9.59 Å². The summed E-state index contributed by atoms with van der Waals surface area (Å²) in [6, 6.07) is 7.60. The highest BCUT2D eigenvalue weighted by atomic mass is 16.2. The Hall–Kier alpha value is -2.82. The molecule has 0 bridgehead atoms. The first-order valence-corrected chi connectivity index (χ1v) is 8.47. The summed E-state index contributed by atoms with van der Waals surface area (Å²) in [5.41, 5.74) is 5.99. The van der Waals surface area contributed by atoms with E-state index in [4.69, 9.17) is 0 Å². The molecule has 0 spiro atoms. The summed E-state index contributed by atoms with van der Waals surface area (Å²) in [4.78, 5) is 27.9. The van der Waals surface area contributed by atoms with E-state index in [1.54, 1.807) is 29.9 Å². The van der Waals surface area contributed by atoms with Crippen LogP contribution in [0, 0.1) is 13.8 Å². The second-order valence-corrected chi connectivity index (χ2v) is 6.44. The molecule has 3 aromatic rings. The highest BCUT2D eigenvalue weighted by Crippen LogP contribution is 2.26. The minimum absolute atomic E-state index is 0.316. The van der Waals surface area contributed by atoms with Crippen LogP contribution in [0.1, 0.15) is 39.8 Å². The summed E-state index contributed by atoms with van der Waals surface area (Å²) in [5, 5.41) is 3.93. The number of rotatable bonds is 5. The number of aromatic nitrogens is 2. The van der Waals surface area contributed by atoms with Gasteiger partial charge in [0.15, 0.2) is 0 Å². The van der Waals surface area contributed by atoms with Crippen LogP contribution in [0.25, 0.3) is 10.9 Å². The van der Waals surface area contributed by atoms with Crippen molar-refractivity contribution in [3.63, 3.8) is 0 Å². The van der Waals surface area contributed by atoms with Crippen LogP contribution in [-0.2, 0) is 24.8 Å². The summed E-state index contributed by atoms with van der Waals surface area (Å²) in [6.07, 6.45) is 2.68. The van der Waals surface area contributed by atoms with Crippen molar-refractivity contribution in [2.24, 2.45) is 7.05 Å². The van der Waals surface area contributed by atoms with E-state index < -0.39 is 11.7 Å². The zero-order valence-corrected chi connectivity index (χ0v) is 15.1. The van der Waals surface area contributed by atoms with Crippen LogP contribution >= 0.6 is 0 Å². The maximum absolute atomic E-state index is 12.2. The van der Waals surface area contributed by atoms with Crippen LogP contribution in [-0.4, -0.2) is 21.2 Å². The van der Waals surface area contributed by atoms with Crippen LogP contribution in [0.15, 0.2) is 30.5 Å². The van der Waals surface area contributed by atoms with Gasteiger partial charge in [0.05, 0.1) is 11.2 Å². The van der Waals surface area contributed by atoms with Gasteiger partial charge in [0.1, 0.15) is 0 Å².